The molecule has 2 amide bonds. The minimum atomic E-state index is -4.73. The molecule has 1 atom stereocenters. The molecule has 1 aliphatic heterocycles. The average Bonchev–Trinajstić information content (AvgIpc) is 3.43. The third kappa shape index (κ3) is 5.35. The molecule has 4 rings (SSSR count). The zero-order valence-electron chi connectivity index (χ0n) is 19.0. The fraction of sp³-hybridized carbons (Fsp3) is 0.333. The van der Waals surface area contributed by atoms with E-state index in [9.17, 15) is 22.8 Å². The number of hydrogen-bond donors (Lipinski definition) is 1. The van der Waals surface area contributed by atoms with Crippen molar-refractivity contribution in [1.82, 2.24) is 25.2 Å². The van der Waals surface area contributed by atoms with Crippen LogP contribution >= 0.6 is 0 Å². The van der Waals surface area contributed by atoms with Gasteiger partial charge < -0.3 is 14.2 Å². The quantitative estimate of drug-likeness (QED) is 0.488. The summed E-state index contributed by atoms with van der Waals surface area (Å²) >= 11 is 0. The molecule has 1 saturated heterocycles. The summed E-state index contributed by atoms with van der Waals surface area (Å²) in [5.41, 5.74) is -1.06. The van der Waals surface area contributed by atoms with Gasteiger partial charge in [0.25, 0.3) is 5.91 Å². The lowest BCUT2D eigenvalue weighted by Crippen LogP contribution is -2.37. The van der Waals surface area contributed by atoms with Crippen LogP contribution in [0.2, 0.25) is 0 Å². The number of carbonyl (C=O) groups is 2. The van der Waals surface area contributed by atoms with Gasteiger partial charge in [-0.1, -0.05) is 5.10 Å². The highest BCUT2D eigenvalue weighted by atomic mass is 19.4. The van der Waals surface area contributed by atoms with E-state index in [0.717, 1.165) is 6.07 Å². The van der Waals surface area contributed by atoms with Crippen LogP contribution in [0.1, 0.15) is 21.7 Å². The van der Waals surface area contributed by atoms with Gasteiger partial charge in [0.05, 0.1) is 37.6 Å². The maximum Gasteiger partial charge on any atom is 0.433 e. The predicted octanol–water partition coefficient (Wildman–Crippen LogP) is 2.43. The number of aryl methyl sites for hydroxylation is 1. The Kier molecular flexibility index (Phi) is 7.00. The Morgan fingerprint density at radius 2 is 1.97 bits per heavy atom. The first kappa shape index (κ1) is 24.8. The van der Waals surface area contributed by atoms with Crippen LogP contribution in [0.25, 0.3) is 0 Å². The molecular weight excluding hydrogens is 487 g/mol. The molecule has 1 unspecified atom stereocenters. The van der Waals surface area contributed by atoms with E-state index in [2.05, 4.69) is 25.8 Å². The molecule has 0 bridgehead atoms. The smallest absolute Gasteiger partial charge is 0.433 e. The van der Waals surface area contributed by atoms with Crippen molar-refractivity contribution in [3.05, 3.63) is 53.3 Å². The summed E-state index contributed by atoms with van der Waals surface area (Å²) in [7, 11) is 2.99. The molecule has 3 heterocycles. The molecule has 1 fully saturated rings. The topological polar surface area (TPSA) is 134 Å². The van der Waals surface area contributed by atoms with Crippen molar-refractivity contribution in [2.75, 3.05) is 30.5 Å². The maximum atomic E-state index is 13.3. The molecule has 15 heteroatoms. The lowest BCUT2D eigenvalue weighted by Gasteiger charge is -2.22. The number of rotatable bonds is 8. The van der Waals surface area contributed by atoms with Crippen LogP contribution in [-0.2, 0) is 29.3 Å². The Labute approximate surface area is 201 Å². The van der Waals surface area contributed by atoms with Crippen LogP contribution in [0.15, 0.2) is 36.4 Å². The predicted molar refractivity (Wildman–Crippen MR) is 116 cm³/mol. The van der Waals surface area contributed by atoms with E-state index in [1.807, 2.05) is 0 Å². The number of tetrazole rings is 1. The number of benzene rings is 1. The van der Waals surface area contributed by atoms with Crippen molar-refractivity contribution < 1.29 is 37.0 Å². The highest BCUT2D eigenvalue weighted by molar-refractivity contribution is 6.04. The molecule has 2 aromatic heterocycles. The summed E-state index contributed by atoms with van der Waals surface area (Å²) in [6.45, 7) is -0.526. The monoisotopic (exact) mass is 507 g/mol. The third-order valence-corrected chi connectivity index (χ3v) is 5.22. The minimum Gasteiger partial charge on any atom is -0.497 e. The van der Waals surface area contributed by atoms with Crippen molar-refractivity contribution in [1.29, 1.82) is 0 Å². The van der Waals surface area contributed by atoms with Gasteiger partial charge in [0.15, 0.2) is 0 Å². The van der Waals surface area contributed by atoms with Gasteiger partial charge in [-0.25, -0.2) is 14.5 Å². The number of methoxy groups -OCH3 is 1. The third-order valence-electron chi connectivity index (χ3n) is 5.22. The first-order chi connectivity index (χ1) is 17.2. The van der Waals surface area contributed by atoms with Gasteiger partial charge in [-0.3, -0.25) is 15.0 Å². The summed E-state index contributed by atoms with van der Waals surface area (Å²) < 4.78 is 56.8. The number of pyridine rings is 1. The van der Waals surface area contributed by atoms with Crippen molar-refractivity contribution in [3.8, 4) is 5.75 Å². The van der Waals surface area contributed by atoms with Crippen LogP contribution < -0.4 is 15.0 Å². The van der Waals surface area contributed by atoms with Crippen LogP contribution in [0.3, 0.4) is 0 Å². The number of halogens is 3. The molecule has 1 aliphatic rings. The number of nitrogens with one attached hydrogen (secondary N) is 1. The van der Waals surface area contributed by atoms with Crippen LogP contribution in [-0.4, -0.2) is 63.6 Å². The van der Waals surface area contributed by atoms with E-state index in [-0.39, 0.29) is 30.4 Å². The minimum absolute atomic E-state index is 0.00733. The Hall–Kier alpha value is -4.27. The highest BCUT2D eigenvalue weighted by Gasteiger charge is 2.35. The molecular formula is C21H20F3N7O5. The van der Waals surface area contributed by atoms with E-state index in [0.29, 0.717) is 17.5 Å². The number of amides is 2. The van der Waals surface area contributed by atoms with Gasteiger partial charge in [0, 0.05) is 12.7 Å². The molecule has 36 heavy (non-hydrogen) atoms. The van der Waals surface area contributed by atoms with E-state index in [4.69, 9.17) is 14.2 Å². The van der Waals surface area contributed by atoms with Gasteiger partial charge in [-0.15, -0.1) is 0 Å². The second-order valence-electron chi connectivity index (χ2n) is 7.58. The number of carbonyl (C=O) groups excluding carboxylic acids is 2. The molecule has 3 aromatic rings. The normalized spacial score (nSPS) is 15.6. The summed E-state index contributed by atoms with van der Waals surface area (Å²) in [6.07, 6.45) is -5.32. The van der Waals surface area contributed by atoms with Gasteiger partial charge in [-0.05, 0) is 46.8 Å². The lowest BCUT2D eigenvalue weighted by molar-refractivity contribution is -0.141. The fourth-order valence-corrected chi connectivity index (χ4v) is 3.41. The van der Waals surface area contributed by atoms with E-state index in [1.165, 1.54) is 23.7 Å². The fourth-order valence-electron chi connectivity index (χ4n) is 3.41. The summed E-state index contributed by atoms with van der Waals surface area (Å²) in [5.74, 6) is -0.187. The van der Waals surface area contributed by atoms with Crippen LogP contribution in [0.4, 0.5) is 29.6 Å². The van der Waals surface area contributed by atoms with Crippen molar-refractivity contribution in [2.45, 2.75) is 18.8 Å². The molecule has 1 N–H and O–H groups in total. The maximum absolute atomic E-state index is 13.3. The van der Waals surface area contributed by atoms with E-state index < -0.39 is 36.5 Å². The van der Waals surface area contributed by atoms with Crippen molar-refractivity contribution in [2.24, 2.45) is 7.05 Å². The van der Waals surface area contributed by atoms with Crippen molar-refractivity contribution >= 4 is 23.6 Å². The summed E-state index contributed by atoms with van der Waals surface area (Å²) in [6, 6.07) is 7.81. The van der Waals surface area contributed by atoms with Crippen LogP contribution in [0.5, 0.6) is 5.75 Å². The number of cyclic esters (lactones) is 1. The Bertz CT molecular complexity index is 1250. The van der Waals surface area contributed by atoms with Gasteiger partial charge in [-0.2, -0.15) is 13.2 Å². The molecule has 0 radical (unpaired) electrons. The number of anilines is 2. The van der Waals surface area contributed by atoms with Crippen LogP contribution in [0, 0.1) is 0 Å². The summed E-state index contributed by atoms with van der Waals surface area (Å²) in [5, 5.41) is 13.0. The summed E-state index contributed by atoms with van der Waals surface area (Å²) in [4.78, 5) is 29.9. The number of nitrogens with zero attached hydrogens (tertiary/aromatic N) is 6. The Morgan fingerprint density at radius 3 is 2.61 bits per heavy atom. The zero-order valence-corrected chi connectivity index (χ0v) is 19.0. The number of alkyl halides is 3. The molecule has 12 nitrogen and oxygen atoms in total. The molecule has 1 aromatic carbocycles. The van der Waals surface area contributed by atoms with E-state index in [1.54, 1.807) is 24.3 Å². The van der Waals surface area contributed by atoms with E-state index >= 15 is 0 Å². The van der Waals surface area contributed by atoms with Gasteiger partial charge in [0.2, 0.25) is 5.95 Å². The van der Waals surface area contributed by atoms with Gasteiger partial charge in [0.1, 0.15) is 18.1 Å². The number of hydrogen-bond acceptors (Lipinski definition) is 9. The lowest BCUT2D eigenvalue weighted by atomic mass is 10.1. The zero-order chi connectivity index (χ0) is 25.9. The van der Waals surface area contributed by atoms with Crippen molar-refractivity contribution in [3.63, 3.8) is 0 Å². The van der Waals surface area contributed by atoms with Gasteiger partial charge >= 0.3 is 12.3 Å². The molecule has 0 spiro atoms. The first-order valence-electron chi connectivity index (χ1n) is 10.5. The molecule has 0 aliphatic carbocycles. The molecule has 190 valence electrons. The highest BCUT2D eigenvalue weighted by Crippen LogP contribution is 2.29. The average molecular weight is 507 g/mol. The Morgan fingerprint density at radius 1 is 1.22 bits per heavy atom. The SMILES string of the molecule is COc1ccc(N2C(=O)OCC2COCc2nc(C(F)(F)F)ccc2C(=O)Nc2nnnn2C)cc1. The Balaban J connectivity index is 1.50. The standard InChI is InChI=1S/C21H20F3N7O5/c1-30-19(27-28-29-30)26-18(32)15-7-8-17(21(22,23)24)25-16(15)11-35-9-13-10-36-20(33)31(13)12-3-5-14(34-2)6-4-12/h3-8,13H,9-11H2,1-2H3,(H,26,27,29,32). The second-order valence-corrected chi connectivity index (χ2v) is 7.58. The number of ether oxygens (including phenoxy) is 3. The number of aromatic nitrogens is 5. The second kappa shape index (κ2) is 10.2. The molecule has 0 saturated carbocycles. The largest absolute Gasteiger partial charge is 0.497 e. The first-order valence-corrected chi connectivity index (χ1v) is 10.5.